The van der Waals surface area contributed by atoms with Crippen molar-refractivity contribution in [2.24, 2.45) is 0 Å². The fourth-order valence-corrected chi connectivity index (χ4v) is 10.0. The molecule has 27 heterocycles. The maximum atomic E-state index is 11.4. The first-order chi connectivity index (χ1) is 30.3. The quantitative estimate of drug-likeness (QED) is 0.125. The minimum atomic E-state index is -1.96. The second kappa shape index (κ2) is 18.1. The van der Waals surface area contributed by atoms with Gasteiger partial charge in [0, 0.05) is 0 Å². The molecule has 0 radical (unpaired) electrons. The molecule has 63 heavy (non-hydrogen) atoms. The van der Waals surface area contributed by atoms with Gasteiger partial charge in [-0.3, -0.25) is 0 Å². The smallest absolute Gasteiger partial charge is 0.187 e. The summed E-state index contributed by atoms with van der Waals surface area (Å²) in [4.78, 5) is 0. The fraction of sp³-hybridized carbons (Fsp3) is 1.00. The van der Waals surface area contributed by atoms with Crippen molar-refractivity contribution in [1.82, 2.24) is 0 Å². The predicted molar refractivity (Wildman–Crippen MR) is 186 cm³/mol. The van der Waals surface area contributed by atoms with Crippen LogP contribution in [-0.2, 0) is 71.1 Å². The van der Waals surface area contributed by atoms with Crippen LogP contribution in [0, 0.1) is 0 Å². The minimum absolute atomic E-state index is 0.105. The maximum absolute atomic E-state index is 11.4. The summed E-state index contributed by atoms with van der Waals surface area (Å²) in [7, 11) is 0. The lowest BCUT2D eigenvalue weighted by Crippen LogP contribution is -2.67. The molecule has 27 heteroatoms. The van der Waals surface area contributed by atoms with Crippen LogP contribution in [0.3, 0.4) is 0 Å². The van der Waals surface area contributed by atoms with Gasteiger partial charge >= 0.3 is 0 Å². The molecular formula is C36H54O27. The average molecular weight is 919 g/mol. The first-order valence-electron chi connectivity index (χ1n) is 21.0. The molecule has 0 aromatic rings. The van der Waals surface area contributed by atoms with Crippen LogP contribution in [0.5, 0.6) is 0 Å². The van der Waals surface area contributed by atoms with E-state index >= 15 is 0 Å². The maximum Gasteiger partial charge on any atom is 0.187 e. The summed E-state index contributed by atoms with van der Waals surface area (Å²) in [5.74, 6) is 0. The van der Waals surface area contributed by atoms with Crippen LogP contribution in [0.1, 0.15) is 0 Å². The molecule has 18 bridgehead atoms. The highest BCUT2D eigenvalue weighted by atomic mass is 16.8. The summed E-state index contributed by atoms with van der Waals surface area (Å²) in [5.41, 5.74) is 0. The van der Waals surface area contributed by atoms with Crippen LogP contribution in [-0.4, -0.2) is 285 Å². The predicted octanol–water partition coefficient (Wildman–Crippen LogP) is -9.92. The van der Waals surface area contributed by atoms with Gasteiger partial charge in [-0.2, -0.15) is 0 Å². The van der Waals surface area contributed by atoms with Crippen LogP contribution in [0.4, 0.5) is 0 Å². The van der Waals surface area contributed by atoms with E-state index in [4.69, 9.17) is 71.1 Å². The Hall–Kier alpha value is -1.08. The van der Waals surface area contributed by atoms with E-state index in [0.717, 1.165) is 0 Å². The van der Waals surface area contributed by atoms with Crippen molar-refractivity contribution in [3.05, 3.63) is 0 Å². The Morgan fingerprint density at radius 1 is 0.254 bits per heavy atom. The van der Waals surface area contributed by atoms with Crippen LogP contribution in [0.2, 0.25) is 0 Å². The molecule has 0 amide bonds. The van der Waals surface area contributed by atoms with E-state index in [0.29, 0.717) is 0 Å². The molecule has 27 saturated heterocycles. The highest BCUT2D eigenvalue weighted by Gasteiger charge is 2.62. The van der Waals surface area contributed by atoms with Gasteiger partial charge in [-0.15, -0.1) is 0 Å². The van der Waals surface area contributed by atoms with Crippen molar-refractivity contribution in [1.29, 1.82) is 0 Å². The third-order valence-corrected chi connectivity index (χ3v) is 13.4. The van der Waals surface area contributed by atoms with Gasteiger partial charge in [-0.25, -0.2) is 0 Å². The monoisotopic (exact) mass is 918 g/mol. The molecule has 0 aliphatic carbocycles. The number of rotatable bonds is 3. The van der Waals surface area contributed by atoms with Crippen LogP contribution >= 0.6 is 0 Å². The number of ether oxygens (including phenoxy) is 15. The van der Waals surface area contributed by atoms with Crippen LogP contribution < -0.4 is 0 Å². The van der Waals surface area contributed by atoms with Gasteiger partial charge in [0.05, 0.1) is 39.6 Å². The Balaban J connectivity index is 0.918. The van der Waals surface area contributed by atoms with E-state index in [1.165, 1.54) is 0 Å². The molecule has 0 aromatic carbocycles. The molecule has 0 unspecified atom stereocenters. The van der Waals surface area contributed by atoms with Gasteiger partial charge in [-0.1, -0.05) is 0 Å². The molecule has 0 saturated carbocycles. The fourth-order valence-electron chi connectivity index (χ4n) is 10.0. The molecule has 0 spiro atoms. The molecule has 30 atom stereocenters. The lowest BCUT2D eigenvalue weighted by Gasteiger charge is -2.49. The van der Waals surface area contributed by atoms with E-state index in [-0.39, 0.29) is 19.8 Å². The summed E-state index contributed by atoms with van der Waals surface area (Å²) in [6.45, 7) is -2.85. The summed E-state index contributed by atoms with van der Waals surface area (Å²) in [5, 5.41) is 133. The van der Waals surface area contributed by atoms with E-state index in [1.54, 1.807) is 0 Å². The van der Waals surface area contributed by atoms with E-state index in [9.17, 15) is 61.3 Å². The second-order valence-electron chi connectivity index (χ2n) is 17.2. The third kappa shape index (κ3) is 7.87. The van der Waals surface area contributed by atoms with Gasteiger partial charge in [0.25, 0.3) is 0 Å². The standard InChI is InChI=1S/C36H54O27/c37-1-7-22-14(41)17(44)32(53-7)61-25-10-4-49-28(25)19(46)34(55-10)60-24-9(3-39)54-33(18(45)15(24)42)62-26-11-5-51-30(26)21(48)36(57-11)63-27-12-6-50-29(27)20(47)35(56-12)59-23-8(2-38)52-31(58-22)16(43)13(23)40/h7-48H,1-6H2/t7-,8-,9-,10+,11+,12+,13-,14-,15-,16-,17-,18-,19-,20-,21-,22-,23-,24-,25-,26-,27-,28+,29+,30+,31-,32-,33-,34-,35-,36-/m1/s1. The summed E-state index contributed by atoms with van der Waals surface area (Å²) < 4.78 is 88.4. The number of hydrogen-bond donors (Lipinski definition) is 12. The van der Waals surface area contributed by atoms with Gasteiger partial charge in [-0.05, 0) is 0 Å². The first-order valence-corrected chi connectivity index (χ1v) is 21.0. The Bertz CT molecular complexity index is 1560. The molecule has 27 aliphatic rings. The second-order valence-corrected chi connectivity index (χ2v) is 17.2. The van der Waals surface area contributed by atoms with Gasteiger partial charge in [0.15, 0.2) is 37.7 Å². The van der Waals surface area contributed by atoms with Crippen LogP contribution in [0.15, 0.2) is 0 Å². The average Bonchev–Trinajstić information content (AvgIpc) is 3.88. The Kier molecular flexibility index (Phi) is 13.1. The number of aliphatic hydroxyl groups excluding tert-OH is 12. The van der Waals surface area contributed by atoms with Crippen molar-refractivity contribution in [3.8, 4) is 0 Å². The summed E-state index contributed by atoms with van der Waals surface area (Å²) in [6, 6.07) is 0. The highest BCUT2D eigenvalue weighted by Crippen LogP contribution is 2.42. The normalized spacial score (nSPS) is 59.4. The third-order valence-electron chi connectivity index (χ3n) is 13.4. The lowest BCUT2D eigenvalue weighted by molar-refractivity contribution is -0.389. The van der Waals surface area contributed by atoms with Gasteiger partial charge in [0.1, 0.15) is 146 Å². The molecule has 0 aromatic heterocycles. The van der Waals surface area contributed by atoms with Crippen molar-refractivity contribution in [3.63, 3.8) is 0 Å². The van der Waals surface area contributed by atoms with E-state index in [1.807, 2.05) is 0 Å². The molecular weight excluding hydrogens is 864 g/mol. The van der Waals surface area contributed by atoms with Crippen molar-refractivity contribution >= 4 is 0 Å². The SMILES string of the molecule is OC[C@H]1O[C@@H]2O[C@H]3[C@H]4OC[C@@H]3O[C@H](O[C@H]3[C@H](O)[C@@H](O)[C@@H](O[C@H]5[C@H]6OC[C@@H]5O[C@H](O[C@H]5[C@H]7OC[C@@H]5O[C@H](O[C@H]5[C@H](O)[C@@H](O)[C@@H](O[C@H]1[C@H](O)[C@H]2O)O[C@@H]5CO)[C@@H]7O)[C@@H]6O)O[C@@H]3CO)[C@@H]4O. The van der Waals surface area contributed by atoms with Gasteiger partial charge in [0.2, 0.25) is 0 Å². The minimum Gasteiger partial charge on any atom is -0.394 e. The van der Waals surface area contributed by atoms with Gasteiger partial charge < -0.3 is 132 Å². The van der Waals surface area contributed by atoms with E-state index in [2.05, 4.69) is 0 Å². The molecule has 12 N–H and O–H groups in total. The van der Waals surface area contributed by atoms with Crippen LogP contribution in [0.25, 0.3) is 0 Å². The summed E-state index contributed by atoms with van der Waals surface area (Å²) >= 11 is 0. The zero-order chi connectivity index (χ0) is 44.2. The molecule has 360 valence electrons. The molecule has 27 nitrogen and oxygen atoms in total. The molecule has 27 aliphatic heterocycles. The number of aliphatic hydroxyl groups is 12. The highest BCUT2D eigenvalue weighted by molar-refractivity contribution is 5.04. The van der Waals surface area contributed by atoms with E-state index < -0.39 is 204 Å². The first kappa shape index (κ1) is 45.7. The molecule has 27 rings (SSSR count). The van der Waals surface area contributed by atoms with Crippen molar-refractivity contribution < 1.29 is 132 Å². The Morgan fingerprint density at radius 3 is 0.746 bits per heavy atom. The largest absolute Gasteiger partial charge is 0.394 e. The molecule has 27 fully saturated rings. The topological polar surface area (TPSA) is 381 Å². The van der Waals surface area contributed by atoms with Crippen molar-refractivity contribution in [2.75, 3.05) is 39.6 Å². The number of hydrogen-bond acceptors (Lipinski definition) is 27. The lowest BCUT2D eigenvalue weighted by atomic mass is 9.95. The Morgan fingerprint density at radius 2 is 0.492 bits per heavy atom. The zero-order valence-corrected chi connectivity index (χ0v) is 33.1. The Labute approximate surface area is 356 Å². The summed E-state index contributed by atoms with van der Waals surface area (Å²) in [6.07, 6.45) is -44.7. The van der Waals surface area contributed by atoms with Crippen molar-refractivity contribution in [2.45, 2.75) is 184 Å². The zero-order valence-electron chi connectivity index (χ0n) is 33.1.